The summed E-state index contributed by atoms with van der Waals surface area (Å²) in [6.07, 6.45) is 7.31. The van der Waals surface area contributed by atoms with E-state index in [0.29, 0.717) is 0 Å². The molecule has 0 aliphatic heterocycles. The van der Waals surface area contributed by atoms with Gasteiger partial charge in [-0.1, -0.05) is 72.9 Å². The van der Waals surface area contributed by atoms with Crippen LogP contribution in [0.5, 0.6) is 0 Å². The topological polar surface area (TPSA) is 0 Å². The van der Waals surface area contributed by atoms with Crippen LogP contribution >= 0.6 is 12.2 Å². The van der Waals surface area contributed by atoms with Gasteiger partial charge in [0.05, 0.1) is 10.9 Å². The second-order valence-corrected chi connectivity index (χ2v) is 8.61. The normalized spacial score (nSPS) is 13.7. The maximum atomic E-state index is 5.32. The van der Waals surface area contributed by atoms with Crippen molar-refractivity contribution < 1.29 is 0 Å². The highest BCUT2D eigenvalue weighted by atomic mass is 32.2. The van der Waals surface area contributed by atoms with Crippen molar-refractivity contribution in [3.05, 3.63) is 109 Å². The van der Waals surface area contributed by atoms with Crippen molar-refractivity contribution in [2.75, 3.05) is 0 Å². The fourth-order valence-electron chi connectivity index (χ4n) is 3.12. The number of hydrogen-bond acceptors (Lipinski definition) is 1. The molecule has 0 heterocycles. The molecule has 0 saturated carbocycles. The number of thiocarbonyl (C=S) groups is 1. The molecule has 0 nitrogen and oxygen atoms in total. The third-order valence-electron chi connectivity index (χ3n) is 4.35. The third-order valence-corrected chi connectivity index (χ3v) is 6.93. The van der Waals surface area contributed by atoms with E-state index in [4.69, 9.17) is 12.2 Å². The fourth-order valence-corrected chi connectivity index (χ4v) is 5.53. The van der Waals surface area contributed by atoms with E-state index in [1.165, 1.54) is 25.8 Å². The first-order valence-corrected chi connectivity index (χ1v) is 10.3. The Labute approximate surface area is 163 Å². The monoisotopic (exact) mass is 371 g/mol. The Morgan fingerprint density at radius 1 is 0.654 bits per heavy atom. The Morgan fingerprint density at radius 2 is 1.23 bits per heavy atom. The van der Waals surface area contributed by atoms with Gasteiger partial charge in [0.25, 0.3) is 0 Å². The van der Waals surface area contributed by atoms with Gasteiger partial charge >= 0.3 is 0 Å². The van der Waals surface area contributed by atoms with E-state index in [1.54, 1.807) is 0 Å². The molecule has 0 saturated heterocycles. The van der Waals surface area contributed by atoms with Gasteiger partial charge in [-0.25, -0.2) is 0 Å². The van der Waals surface area contributed by atoms with E-state index in [0.717, 1.165) is 11.3 Å². The van der Waals surface area contributed by atoms with Crippen LogP contribution in [0.4, 0.5) is 0 Å². The van der Waals surface area contributed by atoms with Crippen LogP contribution in [-0.2, 0) is 10.9 Å². The molecule has 26 heavy (non-hydrogen) atoms. The van der Waals surface area contributed by atoms with E-state index in [2.05, 4.69) is 103 Å². The van der Waals surface area contributed by atoms with E-state index in [9.17, 15) is 0 Å². The van der Waals surface area contributed by atoms with Crippen molar-refractivity contribution in [3.8, 4) is 0 Å². The molecule has 0 unspecified atom stereocenters. The lowest BCUT2D eigenvalue weighted by atomic mass is 9.99. The highest BCUT2D eigenvalue weighted by Gasteiger charge is 2.31. The minimum atomic E-state index is -0.144. The largest absolute Gasteiger partial charge is 0.174 e. The molecule has 3 aromatic carbocycles. The van der Waals surface area contributed by atoms with Crippen molar-refractivity contribution in [1.82, 2.24) is 0 Å². The molecule has 0 amide bonds. The Morgan fingerprint density at radius 3 is 1.81 bits per heavy atom. The quantitative estimate of drug-likeness (QED) is 0.373. The number of hydrogen-bond donors (Lipinski definition) is 0. The number of rotatable bonds is 4. The zero-order valence-corrected chi connectivity index (χ0v) is 16.0. The van der Waals surface area contributed by atoms with Gasteiger partial charge in [-0.3, -0.25) is 0 Å². The second kappa shape index (κ2) is 7.86. The summed E-state index contributed by atoms with van der Waals surface area (Å²) >= 11 is 5.32. The highest BCUT2D eigenvalue weighted by Crippen LogP contribution is 2.36. The summed E-state index contributed by atoms with van der Waals surface area (Å²) < 4.78 is 0. The second-order valence-electron chi connectivity index (χ2n) is 6.09. The van der Waals surface area contributed by atoms with Gasteiger partial charge in [0.2, 0.25) is 0 Å². The Hall–Kier alpha value is -2.42. The summed E-state index contributed by atoms with van der Waals surface area (Å²) in [5.41, 5.74) is 2.56. The van der Waals surface area contributed by atoms with Gasteiger partial charge < -0.3 is 0 Å². The molecule has 4 rings (SSSR count). The molecule has 0 spiro atoms. The standard InChI is InChI=1S/C24H19S2/c25-20-17-15-19(16-18-20)23-13-7-8-14-24(23)26(21-9-3-1-4-10-21)22-11-5-2-6-12-22/h1-17H,18H2/q+1. The first kappa shape index (κ1) is 17.0. The van der Waals surface area contributed by atoms with Crippen LogP contribution in [0, 0.1) is 0 Å². The van der Waals surface area contributed by atoms with Crippen molar-refractivity contribution in [1.29, 1.82) is 0 Å². The highest BCUT2D eigenvalue weighted by molar-refractivity contribution is 7.97. The van der Waals surface area contributed by atoms with Crippen molar-refractivity contribution in [2.24, 2.45) is 0 Å². The van der Waals surface area contributed by atoms with Crippen LogP contribution in [0.3, 0.4) is 0 Å². The molecule has 2 heteroatoms. The molecule has 3 aromatic rings. The van der Waals surface area contributed by atoms with Crippen LogP contribution < -0.4 is 0 Å². The summed E-state index contributed by atoms with van der Waals surface area (Å²) in [4.78, 5) is 5.02. The predicted octanol–water partition coefficient (Wildman–Crippen LogP) is 6.50. The molecular formula is C24H19S2+. The average molecular weight is 372 g/mol. The van der Waals surface area contributed by atoms with Crippen LogP contribution in [0.15, 0.2) is 118 Å². The van der Waals surface area contributed by atoms with Gasteiger partial charge in [0.1, 0.15) is 0 Å². The summed E-state index contributed by atoms with van der Waals surface area (Å²) in [6.45, 7) is 0. The minimum absolute atomic E-state index is 0.144. The summed E-state index contributed by atoms with van der Waals surface area (Å²) in [5.74, 6) is 0. The Kier molecular flexibility index (Phi) is 5.14. The van der Waals surface area contributed by atoms with Crippen LogP contribution in [-0.4, -0.2) is 4.86 Å². The lowest BCUT2D eigenvalue weighted by molar-refractivity contribution is 1.29. The lowest BCUT2D eigenvalue weighted by Gasteiger charge is -2.14. The lowest BCUT2D eigenvalue weighted by Crippen LogP contribution is -2.08. The zero-order chi connectivity index (χ0) is 17.8. The molecule has 1 aliphatic carbocycles. The molecular weight excluding hydrogens is 352 g/mol. The van der Waals surface area contributed by atoms with Crippen molar-refractivity contribution >= 4 is 33.6 Å². The maximum Gasteiger partial charge on any atom is 0.174 e. The van der Waals surface area contributed by atoms with Crippen LogP contribution in [0.1, 0.15) is 12.0 Å². The van der Waals surface area contributed by atoms with Crippen LogP contribution in [0.2, 0.25) is 0 Å². The molecule has 126 valence electrons. The molecule has 1 aliphatic rings. The van der Waals surface area contributed by atoms with E-state index >= 15 is 0 Å². The van der Waals surface area contributed by atoms with Crippen molar-refractivity contribution in [2.45, 2.75) is 21.1 Å². The smallest absolute Gasteiger partial charge is 0.0846 e. The van der Waals surface area contributed by atoms with Gasteiger partial charge in [-0.15, -0.1) is 0 Å². The molecule has 0 atom stereocenters. The first-order valence-electron chi connectivity index (χ1n) is 8.68. The molecule has 0 aromatic heterocycles. The van der Waals surface area contributed by atoms with E-state index in [1.807, 2.05) is 0 Å². The van der Waals surface area contributed by atoms with Crippen molar-refractivity contribution in [3.63, 3.8) is 0 Å². The van der Waals surface area contributed by atoms with Gasteiger partial charge in [0.15, 0.2) is 14.7 Å². The van der Waals surface area contributed by atoms with Gasteiger partial charge in [0, 0.05) is 16.8 Å². The third kappa shape index (κ3) is 3.57. The Balaban J connectivity index is 1.88. The molecule has 0 N–H and O–H groups in total. The average Bonchev–Trinajstić information content (AvgIpc) is 2.71. The predicted molar refractivity (Wildman–Crippen MR) is 116 cm³/mol. The fraction of sp³-hybridized carbons (Fsp3) is 0.0417. The molecule has 0 radical (unpaired) electrons. The number of benzene rings is 3. The van der Waals surface area contributed by atoms with E-state index < -0.39 is 0 Å². The SMILES string of the molecule is S=C1C=CC(c2ccccc2[S+](c2ccccc2)c2ccccc2)=CC1. The van der Waals surface area contributed by atoms with Gasteiger partial charge in [-0.2, -0.15) is 0 Å². The Bertz CT molecular complexity index is 930. The van der Waals surface area contributed by atoms with Gasteiger partial charge in [-0.05, 0) is 48.0 Å². The number of allylic oxidation sites excluding steroid dienone is 4. The summed E-state index contributed by atoms with van der Waals surface area (Å²) in [7, 11) is -0.144. The van der Waals surface area contributed by atoms with Crippen LogP contribution in [0.25, 0.3) is 5.57 Å². The minimum Gasteiger partial charge on any atom is -0.0846 e. The molecule has 0 bridgehead atoms. The summed E-state index contributed by atoms with van der Waals surface area (Å²) in [6, 6.07) is 30.3. The zero-order valence-electron chi connectivity index (χ0n) is 14.3. The molecule has 0 fully saturated rings. The van der Waals surface area contributed by atoms with E-state index in [-0.39, 0.29) is 10.9 Å². The maximum absolute atomic E-state index is 5.32. The first-order chi connectivity index (χ1) is 12.8. The summed E-state index contributed by atoms with van der Waals surface area (Å²) in [5, 5.41) is 0.